The van der Waals surface area contributed by atoms with Crippen molar-refractivity contribution in [2.75, 3.05) is 5.75 Å². The van der Waals surface area contributed by atoms with Crippen LogP contribution in [0, 0.1) is 13.8 Å². The van der Waals surface area contributed by atoms with E-state index >= 15 is 0 Å². The highest BCUT2D eigenvalue weighted by Crippen LogP contribution is 2.00. The molecule has 0 saturated heterocycles. The molecule has 0 radical (unpaired) electrons. The van der Waals surface area contributed by atoms with Gasteiger partial charge in [0.15, 0.2) is 17.9 Å². The summed E-state index contributed by atoms with van der Waals surface area (Å²) in [6.07, 6.45) is -0.303. The molecule has 0 bridgehead atoms. The van der Waals surface area contributed by atoms with Gasteiger partial charge in [-0.05, 0) is 19.9 Å². The fourth-order valence-corrected chi connectivity index (χ4v) is 2.77. The molecule has 0 N–H and O–H groups in total. The lowest BCUT2D eigenvalue weighted by Crippen LogP contribution is -2.43. The van der Waals surface area contributed by atoms with Gasteiger partial charge in [0.05, 0.1) is 6.10 Å². The zero-order chi connectivity index (χ0) is 13.1. The van der Waals surface area contributed by atoms with Crippen LogP contribution in [0.3, 0.4) is 0 Å². The predicted octanol–water partition coefficient (Wildman–Crippen LogP) is 1.35. The Morgan fingerprint density at radius 3 is 2.24 bits per heavy atom. The third-order valence-electron chi connectivity index (χ3n) is 2.43. The van der Waals surface area contributed by atoms with Crippen molar-refractivity contribution in [3.05, 3.63) is 29.6 Å². The van der Waals surface area contributed by atoms with E-state index in [2.05, 4.69) is 0 Å². The minimum atomic E-state index is -3.43. The molecule has 1 aromatic rings. The number of aryl methyl sites for hydroxylation is 2. The average Bonchev–Trinajstić information content (AvgIpc) is 2.14. The summed E-state index contributed by atoms with van der Waals surface area (Å²) in [7, 11) is -3.43. The molecule has 0 spiro atoms. The van der Waals surface area contributed by atoms with Gasteiger partial charge in [-0.2, -0.15) is 13.0 Å². The summed E-state index contributed by atoms with van der Waals surface area (Å²) in [6, 6.07) is 5.88. The lowest BCUT2D eigenvalue weighted by molar-refractivity contribution is -0.704. The molecule has 1 aromatic heterocycles. The Kier molecular flexibility index (Phi) is 4.65. The van der Waals surface area contributed by atoms with Crippen LogP contribution >= 0.6 is 0 Å². The van der Waals surface area contributed by atoms with Crippen LogP contribution in [0.4, 0.5) is 0 Å². The maximum absolute atomic E-state index is 11.6. The lowest BCUT2D eigenvalue weighted by atomic mass is 10.3. The van der Waals surface area contributed by atoms with Crippen molar-refractivity contribution in [3.8, 4) is 0 Å². The van der Waals surface area contributed by atoms with E-state index in [0.29, 0.717) is 6.54 Å². The number of nitrogens with zero attached hydrogens (tertiary/aromatic N) is 1. The quantitative estimate of drug-likeness (QED) is 0.591. The lowest BCUT2D eigenvalue weighted by Gasteiger charge is -2.08. The molecular weight excluding hydrogens is 238 g/mol. The molecule has 1 rings (SSSR count). The Hall–Kier alpha value is -0.940. The van der Waals surface area contributed by atoms with E-state index in [-0.39, 0.29) is 11.9 Å². The van der Waals surface area contributed by atoms with E-state index in [1.54, 1.807) is 13.8 Å². The van der Waals surface area contributed by atoms with Gasteiger partial charge in [0.1, 0.15) is 5.75 Å². The summed E-state index contributed by atoms with van der Waals surface area (Å²) in [5.74, 6) is 0.00153. The highest BCUT2D eigenvalue weighted by Gasteiger charge is 2.18. The van der Waals surface area contributed by atoms with Crippen LogP contribution in [0.1, 0.15) is 25.2 Å². The smallest absolute Gasteiger partial charge is 0.267 e. The van der Waals surface area contributed by atoms with E-state index in [9.17, 15) is 8.42 Å². The van der Waals surface area contributed by atoms with E-state index < -0.39 is 10.1 Å². The molecule has 0 aromatic carbocycles. The summed E-state index contributed by atoms with van der Waals surface area (Å²) < 4.78 is 30.1. The zero-order valence-corrected chi connectivity index (χ0v) is 11.6. The van der Waals surface area contributed by atoms with Crippen LogP contribution in [0.5, 0.6) is 0 Å². The van der Waals surface area contributed by atoms with E-state index in [0.717, 1.165) is 11.4 Å². The maximum Gasteiger partial charge on any atom is 0.273 e. The summed E-state index contributed by atoms with van der Waals surface area (Å²) in [5.41, 5.74) is 2.09. The van der Waals surface area contributed by atoms with Crippen molar-refractivity contribution in [2.24, 2.45) is 0 Å². The van der Waals surface area contributed by atoms with Gasteiger partial charge in [-0.15, -0.1) is 0 Å². The Balaban J connectivity index is 2.74. The van der Waals surface area contributed by atoms with Gasteiger partial charge < -0.3 is 0 Å². The highest BCUT2D eigenvalue weighted by molar-refractivity contribution is 7.86. The van der Waals surface area contributed by atoms with Gasteiger partial charge in [0.25, 0.3) is 10.1 Å². The first-order valence-electron chi connectivity index (χ1n) is 5.69. The fraction of sp³-hybridized carbons (Fsp3) is 0.583. The standard InChI is InChI=1S/C12H20NO3S/c1-10(2)16-17(14,15)9-8-13-11(3)6-5-7-12(13)4/h5-7,10H,8-9H2,1-4H3/q+1. The molecular formula is C12H20NO3S+. The summed E-state index contributed by atoms with van der Waals surface area (Å²) in [4.78, 5) is 0. The van der Waals surface area contributed by atoms with Gasteiger partial charge in [0, 0.05) is 26.0 Å². The fourth-order valence-electron chi connectivity index (χ4n) is 1.68. The monoisotopic (exact) mass is 258 g/mol. The van der Waals surface area contributed by atoms with Crippen LogP contribution in [-0.2, 0) is 20.8 Å². The molecule has 0 saturated carbocycles. The number of pyridine rings is 1. The van der Waals surface area contributed by atoms with Crippen molar-refractivity contribution in [1.82, 2.24) is 0 Å². The average molecular weight is 258 g/mol. The van der Waals surface area contributed by atoms with Crippen molar-refractivity contribution in [3.63, 3.8) is 0 Å². The second-order valence-electron chi connectivity index (χ2n) is 4.37. The van der Waals surface area contributed by atoms with E-state index in [4.69, 9.17) is 4.18 Å². The Labute approximate surface area is 103 Å². The van der Waals surface area contributed by atoms with Crippen molar-refractivity contribution in [2.45, 2.75) is 40.3 Å². The maximum atomic E-state index is 11.6. The highest BCUT2D eigenvalue weighted by atomic mass is 32.2. The van der Waals surface area contributed by atoms with Gasteiger partial charge >= 0.3 is 0 Å². The molecule has 4 nitrogen and oxygen atoms in total. The number of hydrogen-bond donors (Lipinski definition) is 0. The van der Waals surface area contributed by atoms with Crippen LogP contribution in [0.15, 0.2) is 18.2 Å². The first-order valence-corrected chi connectivity index (χ1v) is 7.26. The molecule has 17 heavy (non-hydrogen) atoms. The largest absolute Gasteiger partial charge is 0.273 e. The Morgan fingerprint density at radius 2 is 1.76 bits per heavy atom. The molecule has 0 fully saturated rings. The minimum absolute atomic E-state index is 0.00153. The Bertz CT molecular complexity index is 460. The molecule has 0 aliphatic heterocycles. The van der Waals surface area contributed by atoms with Crippen molar-refractivity contribution < 1.29 is 17.2 Å². The Morgan fingerprint density at radius 1 is 1.24 bits per heavy atom. The molecule has 96 valence electrons. The van der Waals surface area contributed by atoms with Gasteiger partial charge in [-0.1, -0.05) is 0 Å². The van der Waals surface area contributed by atoms with Gasteiger partial charge in [-0.25, -0.2) is 0 Å². The molecule has 0 aliphatic rings. The molecule has 0 atom stereocenters. The van der Waals surface area contributed by atoms with Gasteiger partial charge in [-0.3, -0.25) is 4.18 Å². The summed E-state index contributed by atoms with van der Waals surface area (Å²) in [5, 5.41) is 0. The molecule has 0 unspecified atom stereocenters. The van der Waals surface area contributed by atoms with Crippen molar-refractivity contribution in [1.29, 1.82) is 0 Å². The third kappa shape index (κ3) is 4.44. The summed E-state index contributed by atoms with van der Waals surface area (Å²) in [6.45, 7) is 7.77. The molecule has 5 heteroatoms. The normalized spacial score (nSPS) is 12.1. The third-order valence-corrected chi connectivity index (χ3v) is 3.79. The van der Waals surface area contributed by atoms with Gasteiger partial charge in [0.2, 0.25) is 0 Å². The first-order chi connectivity index (χ1) is 7.82. The van der Waals surface area contributed by atoms with Crippen LogP contribution in [-0.4, -0.2) is 20.3 Å². The van der Waals surface area contributed by atoms with Crippen LogP contribution in [0.25, 0.3) is 0 Å². The number of hydrogen-bond acceptors (Lipinski definition) is 3. The van der Waals surface area contributed by atoms with E-state index in [1.165, 1.54) is 0 Å². The second-order valence-corrected chi connectivity index (χ2v) is 6.08. The van der Waals surface area contributed by atoms with E-state index in [1.807, 2.05) is 36.6 Å². The molecule has 0 amide bonds. The van der Waals surface area contributed by atoms with Crippen LogP contribution in [0.2, 0.25) is 0 Å². The topological polar surface area (TPSA) is 47.2 Å². The number of aromatic nitrogens is 1. The first kappa shape index (κ1) is 14.1. The number of rotatable bonds is 5. The zero-order valence-electron chi connectivity index (χ0n) is 10.8. The minimum Gasteiger partial charge on any atom is -0.267 e. The second kappa shape index (κ2) is 5.60. The molecule has 1 heterocycles. The SMILES string of the molecule is Cc1cccc(C)[n+]1CCS(=O)(=O)OC(C)C. The summed E-state index contributed by atoms with van der Waals surface area (Å²) >= 11 is 0. The molecule has 0 aliphatic carbocycles. The predicted molar refractivity (Wildman–Crippen MR) is 66.1 cm³/mol. The van der Waals surface area contributed by atoms with Crippen LogP contribution < -0.4 is 4.57 Å². The van der Waals surface area contributed by atoms with Crippen molar-refractivity contribution >= 4 is 10.1 Å².